The van der Waals surface area contributed by atoms with Gasteiger partial charge in [-0.3, -0.25) is 0 Å². The van der Waals surface area contributed by atoms with Crippen molar-refractivity contribution < 1.29 is 18.7 Å². The van der Waals surface area contributed by atoms with Crippen LogP contribution in [0.1, 0.15) is 13.8 Å². The van der Waals surface area contributed by atoms with E-state index in [1.807, 2.05) is 0 Å². The average molecular weight is 301 g/mol. The maximum Gasteiger partial charge on any atom is 0.319 e. The van der Waals surface area contributed by atoms with E-state index in [9.17, 15) is 13.6 Å². The van der Waals surface area contributed by atoms with Crippen LogP contribution in [0.3, 0.4) is 0 Å². The van der Waals surface area contributed by atoms with Crippen LogP contribution < -0.4 is 15.5 Å². The first-order chi connectivity index (χ1) is 9.76. The Morgan fingerprint density at radius 2 is 1.81 bits per heavy atom. The summed E-state index contributed by atoms with van der Waals surface area (Å²) in [5.74, 6) is -1.64. The molecule has 1 aromatic rings. The number of aliphatic hydroxyl groups excluding tert-OH is 1. The number of urea groups is 1. The Morgan fingerprint density at radius 1 is 1.29 bits per heavy atom. The van der Waals surface area contributed by atoms with Crippen LogP contribution in [0, 0.1) is 17.6 Å². The number of aliphatic hydroxyl groups is 1. The van der Waals surface area contributed by atoms with Gasteiger partial charge in [0, 0.05) is 32.4 Å². The van der Waals surface area contributed by atoms with E-state index in [-0.39, 0.29) is 29.9 Å². The second-order valence-electron chi connectivity index (χ2n) is 5.23. The summed E-state index contributed by atoms with van der Waals surface area (Å²) in [4.78, 5) is 13.0. The van der Waals surface area contributed by atoms with E-state index >= 15 is 0 Å². The number of amides is 2. The first-order valence-electron chi connectivity index (χ1n) is 6.61. The van der Waals surface area contributed by atoms with Crippen molar-refractivity contribution in [1.82, 2.24) is 5.32 Å². The Balaban J connectivity index is 2.78. The third-order valence-electron chi connectivity index (χ3n) is 3.22. The molecule has 2 atom stereocenters. The van der Waals surface area contributed by atoms with E-state index in [0.717, 1.165) is 12.1 Å². The summed E-state index contributed by atoms with van der Waals surface area (Å²) in [6.45, 7) is 3.44. The normalized spacial score (nSPS) is 13.5. The molecule has 0 aromatic heterocycles. The Hall–Kier alpha value is -1.89. The SMILES string of the molecule is CC(CO)C(C)NC(=O)Nc1cc(F)c(N(C)C)c(F)c1. The van der Waals surface area contributed by atoms with Crippen molar-refractivity contribution in [1.29, 1.82) is 0 Å². The number of anilines is 2. The molecule has 1 rings (SSSR count). The van der Waals surface area contributed by atoms with Gasteiger partial charge in [-0.1, -0.05) is 6.92 Å². The second kappa shape index (κ2) is 7.21. The van der Waals surface area contributed by atoms with Crippen LogP contribution in [0.5, 0.6) is 0 Å². The van der Waals surface area contributed by atoms with Crippen LogP contribution in [0.2, 0.25) is 0 Å². The molecule has 3 N–H and O–H groups in total. The van der Waals surface area contributed by atoms with Gasteiger partial charge in [0.2, 0.25) is 0 Å². The van der Waals surface area contributed by atoms with Crippen molar-refractivity contribution in [3.8, 4) is 0 Å². The molecule has 21 heavy (non-hydrogen) atoms. The number of carbonyl (C=O) groups is 1. The zero-order valence-corrected chi connectivity index (χ0v) is 12.6. The summed E-state index contributed by atoms with van der Waals surface area (Å²) < 4.78 is 27.5. The largest absolute Gasteiger partial charge is 0.396 e. The van der Waals surface area contributed by atoms with Gasteiger partial charge in [0.05, 0.1) is 0 Å². The summed E-state index contributed by atoms with van der Waals surface area (Å²) in [6.07, 6.45) is 0. The van der Waals surface area contributed by atoms with Crippen molar-refractivity contribution in [2.75, 3.05) is 30.9 Å². The Labute approximate surface area is 122 Å². The molecule has 0 bridgehead atoms. The number of hydrogen-bond acceptors (Lipinski definition) is 3. The Morgan fingerprint density at radius 3 is 2.24 bits per heavy atom. The van der Waals surface area contributed by atoms with Gasteiger partial charge in [-0.05, 0) is 25.0 Å². The highest BCUT2D eigenvalue weighted by Crippen LogP contribution is 2.25. The topological polar surface area (TPSA) is 64.6 Å². The molecular weight excluding hydrogens is 280 g/mol. The molecule has 0 spiro atoms. The first-order valence-corrected chi connectivity index (χ1v) is 6.61. The lowest BCUT2D eigenvalue weighted by Crippen LogP contribution is -2.40. The summed E-state index contributed by atoms with van der Waals surface area (Å²) in [7, 11) is 3.05. The Bertz CT molecular complexity index is 486. The predicted octanol–water partition coefficient (Wildman–Crippen LogP) is 2.17. The molecule has 0 heterocycles. The van der Waals surface area contributed by atoms with Crippen LogP contribution >= 0.6 is 0 Å². The highest BCUT2D eigenvalue weighted by Gasteiger charge is 2.16. The molecule has 0 aliphatic carbocycles. The van der Waals surface area contributed by atoms with Crippen LogP contribution in [0.25, 0.3) is 0 Å². The van der Waals surface area contributed by atoms with Crippen LogP contribution in [0.15, 0.2) is 12.1 Å². The van der Waals surface area contributed by atoms with E-state index in [1.54, 1.807) is 13.8 Å². The molecule has 2 unspecified atom stereocenters. The summed E-state index contributed by atoms with van der Waals surface area (Å²) in [5, 5.41) is 13.9. The lowest BCUT2D eigenvalue weighted by molar-refractivity contribution is 0.204. The number of halogens is 2. The van der Waals surface area contributed by atoms with Gasteiger partial charge < -0.3 is 20.6 Å². The summed E-state index contributed by atoms with van der Waals surface area (Å²) >= 11 is 0. The molecule has 1 aromatic carbocycles. The third kappa shape index (κ3) is 4.56. The fraction of sp³-hybridized carbons (Fsp3) is 0.500. The fourth-order valence-electron chi connectivity index (χ4n) is 1.74. The number of nitrogens with zero attached hydrogens (tertiary/aromatic N) is 1. The molecule has 0 radical (unpaired) electrons. The molecule has 2 amide bonds. The zero-order valence-electron chi connectivity index (χ0n) is 12.6. The number of carbonyl (C=O) groups excluding carboxylic acids is 1. The van der Waals surface area contributed by atoms with Gasteiger partial charge in [-0.2, -0.15) is 0 Å². The van der Waals surface area contributed by atoms with Crippen molar-refractivity contribution in [3.63, 3.8) is 0 Å². The average Bonchev–Trinajstić information content (AvgIpc) is 2.35. The molecule has 5 nitrogen and oxygen atoms in total. The Kier molecular flexibility index (Phi) is 5.90. The number of benzene rings is 1. The second-order valence-corrected chi connectivity index (χ2v) is 5.23. The molecular formula is C14H21F2N3O2. The zero-order chi connectivity index (χ0) is 16.2. The molecule has 118 valence electrons. The summed E-state index contributed by atoms with van der Waals surface area (Å²) in [6, 6.07) is 1.25. The van der Waals surface area contributed by atoms with Gasteiger partial charge in [0.1, 0.15) is 5.69 Å². The smallest absolute Gasteiger partial charge is 0.319 e. The molecule has 0 saturated heterocycles. The molecule has 0 aliphatic heterocycles. The number of rotatable bonds is 5. The highest BCUT2D eigenvalue weighted by atomic mass is 19.1. The number of nitrogens with one attached hydrogen (secondary N) is 2. The van der Waals surface area contributed by atoms with E-state index in [1.165, 1.54) is 19.0 Å². The van der Waals surface area contributed by atoms with E-state index in [2.05, 4.69) is 10.6 Å². The minimum absolute atomic E-state index is 0.0250. The van der Waals surface area contributed by atoms with Gasteiger partial charge >= 0.3 is 6.03 Å². The van der Waals surface area contributed by atoms with E-state index in [4.69, 9.17) is 5.11 Å². The first kappa shape index (κ1) is 17.2. The van der Waals surface area contributed by atoms with E-state index < -0.39 is 17.7 Å². The molecule has 0 saturated carbocycles. The molecule has 7 heteroatoms. The van der Waals surface area contributed by atoms with Crippen molar-refractivity contribution in [2.24, 2.45) is 5.92 Å². The van der Waals surface area contributed by atoms with Crippen LogP contribution in [0.4, 0.5) is 25.0 Å². The lowest BCUT2D eigenvalue weighted by Gasteiger charge is -2.20. The maximum absolute atomic E-state index is 13.8. The monoisotopic (exact) mass is 301 g/mol. The van der Waals surface area contributed by atoms with Gasteiger partial charge in [0.25, 0.3) is 0 Å². The number of hydrogen-bond donors (Lipinski definition) is 3. The molecule has 0 fully saturated rings. The lowest BCUT2D eigenvalue weighted by atomic mass is 10.1. The minimum atomic E-state index is -0.757. The highest BCUT2D eigenvalue weighted by molar-refractivity contribution is 5.89. The quantitative estimate of drug-likeness (QED) is 0.781. The van der Waals surface area contributed by atoms with Crippen LogP contribution in [-0.4, -0.2) is 37.9 Å². The van der Waals surface area contributed by atoms with Crippen LogP contribution in [-0.2, 0) is 0 Å². The maximum atomic E-state index is 13.8. The fourth-order valence-corrected chi connectivity index (χ4v) is 1.74. The predicted molar refractivity (Wildman–Crippen MR) is 78.6 cm³/mol. The van der Waals surface area contributed by atoms with Gasteiger partial charge in [-0.15, -0.1) is 0 Å². The summed E-state index contributed by atoms with van der Waals surface area (Å²) in [5.41, 5.74) is -0.139. The molecule has 0 aliphatic rings. The minimum Gasteiger partial charge on any atom is -0.396 e. The van der Waals surface area contributed by atoms with Crippen molar-refractivity contribution >= 4 is 17.4 Å². The van der Waals surface area contributed by atoms with Crippen molar-refractivity contribution in [2.45, 2.75) is 19.9 Å². The van der Waals surface area contributed by atoms with Crippen molar-refractivity contribution in [3.05, 3.63) is 23.8 Å². The van der Waals surface area contributed by atoms with Gasteiger partial charge in [0.15, 0.2) is 11.6 Å². The van der Waals surface area contributed by atoms with Gasteiger partial charge in [-0.25, -0.2) is 13.6 Å². The van der Waals surface area contributed by atoms with E-state index in [0.29, 0.717) is 0 Å². The standard InChI is InChI=1S/C14H21F2N3O2/c1-8(7-20)9(2)17-14(21)18-10-5-11(15)13(19(3)4)12(16)6-10/h5-6,8-9,20H,7H2,1-4H3,(H2,17,18,21). The third-order valence-corrected chi connectivity index (χ3v) is 3.22.